The predicted octanol–water partition coefficient (Wildman–Crippen LogP) is 1.71. The van der Waals surface area contributed by atoms with Gasteiger partial charge in [0.2, 0.25) is 15.9 Å². The van der Waals surface area contributed by atoms with Gasteiger partial charge in [0.05, 0.1) is 10.6 Å². The van der Waals surface area contributed by atoms with Gasteiger partial charge in [-0.25, -0.2) is 13.1 Å². The Morgan fingerprint density at radius 1 is 1.06 bits per heavy atom. The second-order valence-electron chi connectivity index (χ2n) is 6.33. The lowest BCUT2D eigenvalue weighted by atomic mass is 10.2. The number of aryl methyl sites for hydroxylation is 1. The number of anilines is 2. The summed E-state index contributed by atoms with van der Waals surface area (Å²) < 4.78 is 27.8. The number of sulfonamides is 1. The summed E-state index contributed by atoms with van der Waals surface area (Å²) in [7, 11) is -0.531. The first-order valence-corrected chi connectivity index (χ1v) is 11.5. The zero-order valence-electron chi connectivity index (χ0n) is 16.7. The number of rotatable bonds is 8. The average molecular weight is 461 g/mol. The van der Waals surface area contributed by atoms with Crippen molar-refractivity contribution in [1.82, 2.24) is 19.5 Å². The highest BCUT2D eigenvalue weighted by Gasteiger charge is 2.14. The van der Waals surface area contributed by atoms with E-state index in [2.05, 4.69) is 25.6 Å². The van der Waals surface area contributed by atoms with Crippen LogP contribution in [0, 0.1) is 0 Å². The summed E-state index contributed by atoms with van der Waals surface area (Å²) in [5.41, 5.74) is 1.10. The fraction of sp³-hybridized carbons (Fsp3) is 0.158. The number of amides is 2. The topological polar surface area (TPSA) is 135 Å². The molecule has 2 aromatic carbocycles. The molecule has 0 fully saturated rings. The minimum absolute atomic E-state index is 0.0363. The van der Waals surface area contributed by atoms with E-state index >= 15 is 0 Å². The molecule has 31 heavy (non-hydrogen) atoms. The first-order chi connectivity index (χ1) is 14.8. The first-order valence-electron chi connectivity index (χ1n) is 9.00. The van der Waals surface area contributed by atoms with Crippen LogP contribution >= 0.6 is 11.8 Å². The Morgan fingerprint density at radius 2 is 1.77 bits per heavy atom. The van der Waals surface area contributed by atoms with Crippen LogP contribution in [0.15, 0.2) is 64.9 Å². The fourth-order valence-electron chi connectivity index (χ4n) is 2.53. The second kappa shape index (κ2) is 9.73. The Labute approximate surface area is 183 Å². The van der Waals surface area contributed by atoms with Crippen LogP contribution in [0.1, 0.15) is 10.4 Å². The van der Waals surface area contributed by atoms with E-state index in [0.717, 1.165) is 0 Å². The highest BCUT2D eigenvalue weighted by atomic mass is 32.2. The van der Waals surface area contributed by atoms with Gasteiger partial charge in [-0.2, -0.15) is 0 Å². The molecule has 1 heterocycles. The smallest absolute Gasteiger partial charge is 0.255 e. The minimum Gasteiger partial charge on any atom is -0.325 e. The fourth-order valence-corrected chi connectivity index (χ4v) is 3.99. The number of hydrogen-bond acceptors (Lipinski definition) is 7. The molecule has 3 rings (SSSR count). The molecular weight excluding hydrogens is 440 g/mol. The summed E-state index contributed by atoms with van der Waals surface area (Å²) in [6, 6.07) is 12.3. The molecule has 0 saturated heterocycles. The lowest BCUT2D eigenvalue weighted by Crippen LogP contribution is -2.19. The van der Waals surface area contributed by atoms with E-state index in [1.54, 1.807) is 42.2 Å². The SMILES string of the molecule is CNS(=O)(=O)c1cccc(NC(=O)c2cccc(NC(=O)CSc3nncn3C)c2)c1. The van der Waals surface area contributed by atoms with Gasteiger partial charge in [-0.05, 0) is 43.4 Å². The largest absolute Gasteiger partial charge is 0.325 e. The van der Waals surface area contributed by atoms with Crippen molar-refractivity contribution in [3.8, 4) is 0 Å². The number of nitrogens with one attached hydrogen (secondary N) is 3. The van der Waals surface area contributed by atoms with Crippen LogP contribution < -0.4 is 15.4 Å². The molecule has 2 amide bonds. The number of carbonyl (C=O) groups is 2. The Hall–Kier alpha value is -3.22. The molecule has 0 unspecified atom stereocenters. The minimum atomic E-state index is -3.63. The molecule has 10 nitrogen and oxygen atoms in total. The van der Waals surface area contributed by atoms with Gasteiger partial charge in [0.25, 0.3) is 5.91 Å². The van der Waals surface area contributed by atoms with Crippen LogP contribution in [0.4, 0.5) is 11.4 Å². The van der Waals surface area contributed by atoms with Gasteiger partial charge in [0.15, 0.2) is 5.16 Å². The second-order valence-corrected chi connectivity index (χ2v) is 9.16. The van der Waals surface area contributed by atoms with E-state index in [9.17, 15) is 18.0 Å². The molecule has 3 N–H and O–H groups in total. The van der Waals surface area contributed by atoms with Crippen molar-refractivity contribution in [2.24, 2.45) is 7.05 Å². The van der Waals surface area contributed by atoms with Gasteiger partial charge in [-0.3, -0.25) is 9.59 Å². The molecule has 0 saturated carbocycles. The number of nitrogens with zero attached hydrogens (tertiary/aromatic N) is 3. The summed E-state index contributed by atoms with van der Waals surface area (Å²) in [5, 5.41) is 13.7. The quantitative estimate of drug-likeness (QED) is 0.436. The van der Waals surface area contributed by atoms with Crippen LogP contribution in [-0.4, -0.2) is 47.8 Å². The maximum atomic E-state index is 12.6. The van der Waals surface area contributed by atoms with E-state index < -0.39 is 15.9 Å². The summed E-state index contributed by atoms with van der Waals surface area (Å²) in [6.07, 6.45) is 1.55. The number of thioether (sulfide) groups is 1. The molecule has 0 aliphatic rings. The lowest BCUT2D eigenvalue weighted by molar-refractivity contribution is -0.113. The summed E-state index contributed by atoms with van der Waals surface area (Å²) in [4.78, 5) is 24.8. The van der Waals surface area contributed by atoms with E-state index in [4.69, 9.17) is 0 Å². The van der Waals surface area contributed by atoms with Crippen molar-refractivity contribution in [2.45, 2.75) is 10.1 Å². The van der Waals surface area contributed by atoms with Crippen LogP contribution in [0.25, 0.3) is 0 Å². The summed E-state index contributed by atoms with van der Waals surface area (Å²) in [5.74, 6) is -0.561. The third-order valence-electron chi connectivity index (χ3n) is 4.08. The number of carbonyl (C=O) groups excluding carboxylic acids is 2. The number of hydrogen-bond donors (Lipinski definition) is 3. The maximum absolute atomic E-state index is 12.6. The molecule has 0 aliphatic carbocycles. The molecule has 162 valence electrons. The van der Waals surface area contributed by atoms with Crippen molar-refractivity contribution in [3.05, 3.63) is 60.4 Å². The summed E-state index contributed by atoms with van der Waals surface area (Å²) in [6.45, 7) is 0. The van der Waals surface area contributed by atoms with Crippen LogP contribution in [0.5, 0.6) is 0 Å². The highest BCUT2D eigenvalue weighted by molar-refractivity contribution is 7.99. The molecule has 3 aromatic rings. The molecule has 12 heteroatoms. The molecule has 0 bridgehead atoms. The van der Waals surface area contributed by atoms with Crippen molar-refractivity contribution in [1.29, 1.82) is 0 Å². The van der Waals surface area contributed by atoms with Crippen LogP contribution in [-0.2, 0) is 21.9 Å². The maximum Gasteiger partial charge on any atom is 0.255 e. The Kier molecular flexibility index (Phi) is 7.05. The zero-order chi connectivity index (χ0) is 22.4. The van der Waals surface area contributed by atoms with Crippen molar-refractivity contribution >= 4 is 45.0 Å². The predicted molar refractivity (Wildman–Crippen MR) is 117 cm³/mol. The highest BCUT2D eigenvalue weighted by Crippen LogP contribution is 2.18. The van der Waals surface area contributed by atoms with Gasteiger partial charge < -0.3 is 15.2 Å². The van der Waals surface area contributed by atoms with E-state index in [0.29, 0.717) is 22.1 Å². The molecule has 0 spiro atoms. The van der Waals surface area contributed by atoms with Gasteiger partial charge >= 0.3 is 0 Å². The molecule has 0 atom stereocenters. The van der Waals surface area contributed by atoms with Crippen LogP contribution in [0.2, 0.25) is 0 Å². The lowest BCUT2D eigenvalue weighted by Gasteiger charge is -2.10. The van der Waals surface area contributed by atoms with Gasteiger partial charge in [0, 0.05) is 24.0 Å². The van der Waals surface area contributed by atoms with E-state index in [1.807, 2.05) is 0 Å². The first kappa shape index (κ1) is 22.5. The van der Waals surface area contributed by atoms with E-state index in [-0.39, 0.29) is 16.6 Å². The van der Waals surface area contributed by atoms with Crippen LogP contribution in [0.3, 0.4) is 0 Å². The molecule has 0 aliphatic heterocycles. The normalized spacial score (nSPS) is 11.2. The van der Waals surface area contributed by atoms with Crippen molar-refractivity contribution in [3.63, 3.8) is 0 Å². The van der Waals surface area contributed by atoms with Gasteiger partial charge in [0.1, 0.15) is 6.33 Å². The van der Waals surface area contributed by atoms with Gasteiger partial charge in [-0.1, -0.05) is 23.9 Å². The third-order valence-corrected chi connectivity index (χ3v) is 6.53. The average Bonchev–Trinajstić information content (AvgIpc) is 3.17. The Balaban J connectivity index is 1.64. The monoisotopic (exact) mass is 460 g/mol. The van der Waals surface area contributed by atoms with Gasteiger partial charge in [-0.15, -0.1) is 10.2 Å². The number of aromatic nitrogens is 3. The Bertz CT molecular complexity index is 1210. The van der Waals surface area contributed by atoms with Crippen molar-refractivity contribution in [2.75, 3.05) is 23.4 Å². The third kappa shape index (κ3) is 5.90. The Morgan fingerprint density at radius 3 is 2.45 bits per heavy atom. The number of benzene rings is 2. The standard InChI is InChI=1S/C19H20N6O4S2/c1-20-31(28,29)16-8-4-7-15(10-16)23-18(27)13-5-3-6-14(9-13)22-17(26)11-30-19-24-21-12-25(19)2/h3-10,12,20H,11H2,1-2H3,(H,22,26)(H,23,27). The summed E-state index contributed by atoms with van der Waals surface area (Å²) >= 11 is 1.24. The van der Waals surface area contributed by atoms with E-state index in [1.165, 1.54) is 43.1 Å². The van der Waals surface area contributed by atoms with Crippen molar-refractivity contribution < 1.29 is 18.0 Å². The molecular formula is C19H20N6O4S2. The molecule has 0 radical (unpaired) electrons. The molecule has 1 aromatic heterocycles. The zero-order valence-corrected chi connectivity index (χ0v) is 18.3.